The van der Waals surface area contributed by atoms with E-state index in [4.69, 9.17) is 14.2 Å². The molecule has 0 fully saturated rings. The van der Waals surface area contributed by atoms with Crippen molar-refractivity contribution in [2.45, 2.75) is 71.9 Å². The number of ether oxygens (including phenoxy) is 3. The maximum absolute atomic E-state index is 12.9. The molecule has 2 atom stereocenters. The lowest BCUT2D eigenvalue weighted by Gasteiger charge is -2.25. The van der Waals surface area contributed by atoms with E-state index in [1.165, 1.54) is 13.2 Å². The van der Waals surface area contributed by atoms with E-state index in [9.17, 15) is 29.1 Å². The minimum Gasteiger partial charge on any atom is -0.504 e. The highest BCUT2D eigenvalue weighted by atomic mass is 16.5. The lowest BCUT2D eigenvalue weighted by atomic mass is 10.0. The summed E-state index contributed by atoms with van der Waals surface area (Å²) < 4.78 is 14.9. The van der Waals surface area contributed by atoms with E-state index in [0.717, 1.165) is 5.56 Å². The van der Waals surface area contributed by atoms with Crippen LogP contribution in [0.2, 0.25) is 0 Å². The molecule has 3 amide bonds. The zero-order valence-electron chi connectivity index (χ0n) is 23.3. The lowest BCUT2D eigenvalue weighted by molar-refractivity contribution is -0.149. The van der Waals surface area contributed by atoms with Gasteiger partial charge in [0.05, 0.1) is 26.9 Å². The molecule has 1 aromatic carbocycles. The molecule has 39 heavy (non-hydrogen) atoms. The van der Waals surface area contributed by atoms with Gasteiger partial charge in [0.25, 0.3) is 0 Å². The molecule has 0 radical (unpaired) electrons. The first-order valence-corrected chi connectivity index (χ1v) is 13.1. The zero-order chi connectivity index (χ0) is 29.4. The number of phenolic OH excluding ortho intramolecular Hbond substituents is 1. The summed E-state index contributed by atoms with van der Waals surface area (Å²) in [5.74, 6) is -2.66. The second-order valence-corrected chi connectivity index (χ2v) is 9.08. The second kappa shape index (κ2) is 17.6. The molecular weight excluding hydrogens is 510 g/mol. The first-order chi connectivity index (χ1) is 18.5. The molecule has 0 aliphatic rings. The predicted octanol–water partition coefficient (Wildman–Crippen LogP) is 1.37. The lowest BCUT2D eigenvalue weighted by Crippen LogP contribution is -2.55. The van der Waals surface area contributed by atoms with Crippen molar-refractivity contribution < 1.29 is 43.3 Å². The molecule has 4 N–H and O–H groups in total. The Balaban J connectivity index is 2.59. The number of rotatable bonds is 17. The van der Waals surface area contributed by atoms with Crippen LogP contribution in [0.4, 0.5) is 0 Å². The van der Waals surface area contributed by atoms with Gasteiger partial charge < -0.3 is 35.3 Å². The first-order valence-electron chi connectivity index (χ1n) is 13.1. The fraction of sp³-hybridized carbons (Fsp3) is 0.593. The van der Waals surface area contributed by atoms with E-state index in [1.54, 1.807) is 39.8 Å². The number of esters is 2. The standard InChI is InChI=1S/C27H41N3O9/c1-6-38-24(34)14-12-19(27(36)39-7-2)29-26(35)25(17(3)4)30-23(33)16-28-22(32)10-8-9-18-11-13-20(31)21(15-18)37-5/h11,13,15,17,19,25,31H,6-10,12,14,16H2,1-5H3,(H,28,32)(H,29,35)(H,30,33)/t19-,25+/m1/s1. The number of hydrogen-bond acceptors (Lipinski definition) is 9. The topological polar surface area (TPSA) is 169 Å². The van der Waals surface area contributed by atoms with Gasteiger partial charge in [-0.05, 0) is 56.7 Å². The number of carbonyl (C=O) groups is 5. The summed E-state index contributed by atoms with van der Waals surface area (Å²) in [5, 5.41) is 17.3. The Hall–Kier alpha value is -3.83. The molecular formula is C27H41N3O9. The number of methoxy groups -OCH3 is 1. The van der Waals surface area contributed by atoms with Gasteiger partial charge in [-0.15, -0.1) is 0 Å². The van der Waals surface area contributed by atoms with Crippen molar-refractivity contribution in [1.82, 2.24) is 16.0 Å². The van der Waals surface area contributed by atoms with Gasteiger partial charge in [-0.1, -0.05) is 19.9 Å². The molecule has 218 valence electrons. The molecule has 1 aromatic rings. The van der Waals surface area contributed by atoms with Gasteiger partial charge in [0, 0.05) is 12.8 Å². The van der Waals surface area contributed by atoms with Crippen LogP contribution < -0.4 is 20.7 Å². The number of nitrogens with one attached hydrogen (secondary N) is 3. The van der Waals surface area contributed by atoms with Gasteiger partial charge in [0.2, 0.25) is 17.7 Å². The molecule has 0 bridgehead atoms. The van der Waals surface area contributed by atoms with Crippen molar-refractivity contribution in [3.8, 4) is 11.5 Å². The molecule has 0 heterocycles. The summed E-state index contributed by atoms with van der Waals surface area (Å²) >= 11 is 0. The SMILES string of the molecule is CCOC(=O)CC[C@@H](NC(=O)[C@@H](NC(=O)CNC(=O)CCCc1ccc(O)c(OC)c1)C(C)C)C(=O)OCC. The van der Waals surface area contributed by atoms with Crippen LogP contribution in [0.25, 0.3) is 0 Å². The van der Waals surface area contributed by atoms with E-state index >= 15 is 0 Å². The summed E-state index contributed by atoms with van der Waals surface area (Å²) in [6.45, 7) is 6.69. The maximum Gasteiger partial charge on any atom is 0.328 e. The largest absolute Gasteiger partial charge is 0.504 e. The van der Waals surface area contributed by atoms with Gasteiger partial charge in [-0.3, -0.25) is 19.2 Å². The van der Waals surface area contributed by atoms with Gasteiger partial charge in [0.1, 0.15) is 12.1 Å². The van der Waals surface area contributed by atoms with Gasteiger partial charge in [-0.25, -0.2) is 4.79 Å². The van der Waals surface area contributed by atoms with Crippen LogP contribution in [0.1, 0.15) is 58.9 Å². The number of aromatic hydroxyl groups is 1. The van der Waals surface area contributed by atoms with Crippen molar-refractivity contribution >= 4 is 29.7 Å². The molecule has 0 aromatic heterocycles. The molecule has 12 heteroatoms. The molecule has 0 aliphatic heterocycles. The highest BCUT2D eigenvalue weighted by molar-refractivity contribution is 5.92. The summed E-state index contributed by atoms with van der Waals surface area (Å²) in [4.78, 5) is 61.6. The van der Waals surface area contributed by atoms with E-state index in [-0.39, 0.29) is 56.6 Å². The summed E-state index contributed by atoms with van der Waals surface area (Å²) in [5.41, 5.74) is 0.893. The fourth-order valence-corrected chi connectivity index (χ4v) is 3.61. The predicted molar refractivity (Wildman–Crippen MR) is 142 cm³/mol. The van der Waals surface area contributed by atoms with Crippen molar-refractivity contribution in [1.29, 1.82) is 0 Å². The monoisotopic (exact) mass is 551 g/mol. The van der Waals surface area contributed by atoms with Crippen molar-refractivity contribution in [2.24, 2.45) is 5.92 Å². The van der Waals surface area contributed by atoms with Crippen molar-refractivity contribution in [3.63, 3.8) is 0 Å². The van der Waals surface area contributed by atoms with E-state index < -0.39 is 35.8 Å². The van der Waals surface area contributed by atoms with E-state index in [2.05, 4.69) is 16.0 Å². The van der Waals surface area contributed by atoms with Crippen LogP contribution in [0.3, 0.4) is 0 Å². The summed E-state index contributed by atoms with van der Waals surface area (Å²) in [7, 11) is 1.45. The third-order valence-electron chi connectivity index (χ3n) is 5.66. The summed E-state index contributed by atoms with van der Waals surface area (Å²) in [6, 6.07) is 2.88. The molecule has 0 unspecified atom stereocenters. The molecule has 0 saturated carbocycles. The Morgan fingerprint density at radius 3 is 2.26 bits per heavy atom. The summed E-state index contributed by atoms with van der Waals surface area (Å²) in [6.07, 6.45) is 1.15. The van der Waals surface area contributed by atoms with Gasteiger partial charge >= 0.3 is 11.9 Å². The zero-order valence-corrected chi connectivity index (χ0v) is 23.3. The molecule has 0 saturated heterocycles. The number of hydrogen-bond donors (Lipinski definition) is 4. The quantitative estimate of drug-likeness (QED) is 0.209. The van der Waals surface area contributed by atoms with Crippen LogP contribution >= 0.6 is 0 Å². The Bertz CT molecular complexity index is 981. The second-order valence-electron chi connectivity index (χ2n) is 9.08. The molecule has 0 spiro atoms. The van der Waals surface area contributed by atoms with Crippen LogP contribution in [-0.2, 0) is 39.9 Å². The van der Waals surface area contributed by atoms with E-state index in [1.807, 2.05) is 0 Å². The number of amides is 3. The average Bonchev–Trinajstić information content (AvgIpc) is 2.89. The van der Waals surface area contributed by atoms with Gasteiger partial charge in [-0.2, -0.15) is 0 Å². The van der Waals surface area contributed by atoms with Crippen molar-refractivity contribution in [2.75, 3.05) is 26.9 Å². The fourth-order valence-electron chi connectivity index (χ4n) is 3.61. The Morgan fingerprint density at radius 1 is 0.949 bits per heavy atom. The van der Waals surface area contributed by atoms with E-state index in [0.29, 0.717) is 18.6 Å². The number of benzene rings is 1. The molecule has 0 aliphatic carbocycles. The van der Waals surface area contributed by atoms with Crippen LogP contribution in [0.5, 0.6) is 11.5 Å². The Kier molecular flexibility index (Phi) is 15.0. The third kappa shape index (κ3) is 12.5. The maximum atomic E-state index is 12.9. The molecule has 1 rings (SSSR count). The average molecular weight is 552 g/mol. The highest BCUT2D eigenvalue weighted by Crippen LogP contribution is 2.26. The van der Waals surface area contributed by atoms with Crippen LogP contribution in [0.15, 0.2) is 18.2 Å². The Labute approximate surface area is 229 Å². The first kappa shape index (κ1) is 33.2. The Morgan fingerprint density at radius 2 is 1.64 bits per heavy atom. The van der Waals surface area contributed by atoms with Crippen LogP contribution in [-0.4, -0.2) is 73.7 Å². The number of aryl methyl sites for hydroxylation is 1. The molecule has 12 nitrogen and oxygen atoms in total. The minimum atomic E-state index is -1.09. The van der Waals surface area contributed by atoms with Gasteiger partial charge in [0.15, 0.2) is 11.5 Å². The third-order valence-corrected chi connectivity index (χ3v) is 5.66. The van der Waals surface area contributed by atoms with Crippen molar-refractivity contribution in [3.05, 3.63) is 23.8 Å². The number of phenols is 1. The number of carbonyl (C=O) groups excluding carboxylic acids is 5. The normalized spacial score (nSPS) is 12.2. The highest BCUT2D eigenvalue weighted by Gasteiger charge is 2.30. The smallest absolute Gasteiger partial charge is 0.328 e. The van der Waals surface area contributed by atoms with Crippen LogP contribution in [0, 0.1) is 5.92 Å². The minimum absolute atomic E-state index is 0.0187.